The zero-order valence-corrected chi connectivity index (χ0v) is 15.8. The summed E-state index contributed by atoms with van der Waals surface area (Å²) in [6.45, 7) is 8.52. The van der Waals surface area contributed by atoms with E-state index in [2.05, 4.69) is 36.2 Å². The minimum atomic E-state index is 0.0953. The normalized spacial score (nSPS) is 24.5. The van der Waals surface area contributed by atoms with Crippen LogP contribution in [0.3, 0.4) is 0 Å². The van der Waals surface area contributed by atoms with E-state index in [1.54, 1.807) is 0 Å². The molecule has 2 aliphatic rings. The fraction of sp³-hybridized carbons (Fsp3) is 0.619. The number of hydrogen-bond donors (Lipinski definition) is 1. The molecule has 1 N–H and O–H groups in total. The Morgan fingerprint density at radius 1 is 1.35 bits per heavy atom. The van der Waals surface area contributed by atoms with Crippen LogP contribution in [0.15, 0.2) is 24.3 Å². The summed E-state index contributed by atoms with van der Waals surface area (Å²) in [5.41, 5.74) is 1.86. The molecule has 0 radical (unpaired) electrons. The first-order chi connectivity index (χ1) is 12.6. The summed E-state index contributed by atoms with van der Waals surface area (Å²) < 4.78 is 5.37. The lowest BCUT2D eigenvalue weighted by molar-refractivity contribution is -0.128. The molecule has 0 aromatic heterocycles. The highest BCUT2D eigenvalue weighted by molar-refractivity contribution is 5.79. The van der Waals surface area contributed by atoms with E-state index in [9.17, 15) is 4.79 Å². The molecule has 0 bridgehead atoms. The third-order valence-corrected chi connectivity index (χ3v) is 5.68. The van der Waals surface area contributed by atoms with Crippen LogP contribution in [0.5, 0.6) is 0 Å². The lowest BCUT2D eigenvalue weighted by Gasteiger charge is -2.27. The van der Waals surface area contributed by atoms with Crippen molar-refractivity contribution < 1.29 is 9.53 Å². The zero-order chi connectivity index (χ0) is 18.5. The summed E-state index contributed by atoms with van der Waals surface area (Å²) in [5, 5.41) is 12.4. The molecule has 0 saturated carbocycles. The van der Waals surface area contributed by atoms with Crippen LogP contribution in [0.25, 0.3) is 0 Å². The van der Waals surface area contributed by atoms with Crippen molar-refractivity contribution in [2.75, 3.05) is 26.3 Å². The number of nitrogens with zero attached hydrogens (tertiary/aromatic N) is 2. The van der Waals surface area contributed by atoms with Gasteiger partial charge in [0.05, 0.1) is 11.6 Å². The van der Waals surface area contributed by atoms with Crippen molar-refractivity contribution in [2.45, 2.75) is 39.3 Å². The second-order valence-corrected chi connectivity index (χ2v) is 7.92. The number of amides is 1. The lowest BCUT2D eigenvalue weighted by Crippen LogP contribution is -2.45. The van der Waals surface area contributed by atoms with Gasteiger partial charge in [-0.2, -0.15) is 5.26 Å². The van der Waals surface area contributed by atoms with E-state index in [0.29, 0.717) is 30.6 Å². The standard InChI is InChI=1S/C21H29N3O2/c1-15(2)19-13-24(12-17-5-3-4-16(10-17)11-22)14-20(19)23-21(25)18-6-8-26-9-7-18/h3-5,10,15,18-20H,6-9,12-14H2,1-2H3,(H,23,25)/t19-,20+/m0/s1. The van der Waals surface area contributed by atoms with Crippen LogP contribution in [-0.2, 0) is 16.1 Å². The summed E-state index contributed by atoms with van der Waals surface area (Å²) in [5.74, 6) is 1.26. The van der Waals surface area contributed by atoms with Crippen LogP contribution in [0.4, 0.5) is 0 Å². The molecular weight excluding hydrogens is 326 g/mol. The molecule has 3 rings (SSSR count). The van der Waals surface area contributed by atoms with Crippen molar-refractivity contribution in [1.29, 1.82) is 5.26 Å². The molecule has 0 aliphatic carbocycles. The molecule has 2 saturated heterocycles. The number of carbonyl (C=O) groups excluding carboxylic acids is 1. The van der Waals surface area contributed by atoms with E-state index in [1.807, 2.05) is 18.2 Å². The van der Waals surface area contributed by atoms with Gasteiger partial charge < -0.3 is 10.1 Å². The molecule has 2 atom stereocenters. The highest BCUT2D eigenvalue weighted by atomic mass is 16.5. The molecular formula is C21H29N3O2. The van der Waals surface area contributed by atoms with E-state index in [1.165, 1.54) is 0 Å². The third-order valence-electron chi connectivity index (χ3n) is 5.68. The first-order valence-corrected chi connectivity index (χ1v) is 9.66. The van der Waals surface area contributed by atoms with Crippen LogP contribution in [0, 0.1) is 29.1 Å². The maximum atomic E-state index is 12.6. The average Bonchev–Trinajstić information content (AvgIpc) is 3.05. The SMILES string of the molecule is CC(C)[C@@H]1CN(Cc2cccc(C#N)c2)C[C@H]1NC(=O)C1CCOCC1. The Bertz CT molecular complexity index is 661. The molecule has 2 fully saturated rings. The van der Waals surface area contributed by atoms with Gasteiger partial charge >= 0.3 is 0 Å². The molecule has 0 unspecified atom stereocenters. The van der Waals surface area contributed by atoms with Crippen LogP contribution in [0.2, 0.25) is 0 Å². The van der Waals surface area contributed by atoms with Gasteiger partial charge in [-0.3, -0.25) is 9.69 Å². The molecule has 0 spiro atoms. The van der Waals surface area contributed by atoms with Crippen molar-refractivity contribution in [3.05, 3.63) is 35.4 Å². The zero-order valence-electron chi connectivity index (χ0n) is 15.8. The number of rotatable bonds is 5. The van der Waals surface area contributed by atoms with Gasteiger partial charge in [0.1, 0.15) is 0 Å². The monoisotopic (exact) mass is 355 g/mol. The molecule has 2 heterocycles. The second kappa shape index (κ2) is 8.66. The molecule has 26 heavy (non-hydrogen) atoms. The average molecular weight is 355 g/mol. The fourth-order valence-electron chi connectivity index (χ4n) is 4.13. The number of ether oxygens (including phenoxy) is 1. The first kappa shape index (κ1) is 18.9. The molecule has 5 nitrogen and oxygen atoms in total. The van der Waals surface area contributed by atoms with Crippen LogP contribution in [-0.4, -0.2) is 43.2 Å². The number of benzene rings is 1. The predicted octanol–water partition coefficient (Wildman–Crippen LogP) is 2.56. The Balaban J connectivity index is 1.62. The van der Waals surface area contributed by atoms with Crippen LogP contribution < -0.4 is 5.32 Å². The van der Waals surface area contributed by atoms with Crippen LogP contribution in [0.1, 0.15) is 37.8 Å². The van der Waals surface area contributed by atoms with E-state index < -0.39 is 0 Å². The topological polar surface area (TPSA) is 65.4 Å². The van der Waals surface area contributed by atoms with Gasteiger partial charge in [0.2, 0.25) is 5.91 Å². The summed E-state index contributed by atoms with van der Waals surface area (Å²) in [4.78, 5) is 15.0. The molecule has 140 valence electrons. The fourth-order valence-corrected chi connectivity index (χ4v) is 4.13. The Morgan fingerprint density at radius 2 is 2.12 bits per heavy atom. The van der Waals surface area contributed by atoms with Gasteiger partial charge in [0.15, 0.2) is 0 Å². The summed E-state index contributed by atoms with van der Waals surface area (Å²) >= 11 is 0. The van der Waals surface area contributed by atoms with Crippen molar-refractivity contribution >= 4 is 5.91 Å². The van der Waals surface area contributed by atoms with E-state index in [-0.39, 0.29) is 17.9 Å². The number of nitriles is 1. The van der Waals surface area contributed by atoms with Gasteiger partial charge in [0.25, 0.3) is 0 Å². The van der Waals surface area contributed by atoms with Crippen molar-refractivity contribution in [1.82, 2.24) is 10.2 Å². The molecule has 5 heteroatoms. The predicted molar refractivity (Wildman–Crippen MR) is 100 cm³/mol. The van der Waals surface area contributed by atoms with Crippen molar-refractivity contribution in [3.8, 4) is 6.07 Å². The Labute approximate surface area is 156 Å². The van der Waals surface area contributed by atoms with E-state index in [4.69, 9.17) is 10.00 Å². The molecule has 1 aromatic carbocycles. The Morgan fingerprint density at radius 3 is 2.81 bits per heavy atom. The number of nitrogens with one attached hydrogen (secondary N) is 1. The summed E-state index contributed by atoms with van der Waals surface area (Å²) in [6, 6.07) is 10.2. The number of likely N-dealkylation sites (tertiary alicyclic amines) is 1. The van der Waals surface area contributed by atoms with Crippen molar-refractivity contribution in [3.63, 3.8) is 0 Å². The molecule has 1 amide bonds. The lowest BCUT2D eigenvalue weighted by atomic mass is 9.90. The number of hydrogen-bond acceptors (Lipinski definition) is 4. The maximum absolute atomic E-state index is 12.6. The minimum Gasteiger partial charge on any atom is -0.381 e. The molecule has 2 aliphatic heterocycles. The van der Waals surface area contributed by atoms with Crippen LogP contribution >= 0.6 is 0 Å². The van der Waals surface area contributed by atoms with Gasteiger partial charge in [-0.15, -0.1) is 0 Å². The highest BCUT2D eigenvalue weighted by Gasteiger charge is 2.36. The van der Waals surface area contributed by atoms with E-state index >= 15 is 0 Å². The summed E-state index contributed by atoms with van der Waals surface area (Å²) in [6.07, 6.45) is 1.66. The third kappa shape index (κ3) is 4.63. The van der Waals surface area contributed by atoms with Gasteiger partial charge in [0, 0.05) is 44.8 Å². The second-order valence-electron chi connectivity index (χ2n) is 7.92. The molecule has 1 aromatic rings. The number of carbonyl (C=O) groups is 1. The maximum Gasteiger partial charge on any atom is 0.223 e. The Kier molecular flexibility index (Phi) is 6.29. The van der Waals surface area contributed by atoms with Gasteiger partial charge in [-0.25, -0.2) is 0 Å². The smallest absolute Gasteiger partial charge is 0.223 e. The quantitative estimate of drug-likeness (QED) is 0.882. The summed E-state index contributed by atoms with van der Waals surface area (Å²) in [7, 11) is 0. The van der Waals surface area contributed by atoms with Gasteiger partial charge in [-0.1, -0.05) is 26.0 Å². The largest absolute Gasteiger partial charge is 0.381 e. The van der Waals surface area contributed by atoms with Crippen molar-refractivity contribution in [2.24, 2.45) is 17.8 Å². The van der Waals surface area contributed by atoms with Gasteiger partial charge in [-0.05, 0) is 42.4 Å². The minimum absolute atomic E-state index is 0.0953. The first-order valence-electron chi connectivity index (χ1n) is 9.66. The van der Waals surface area contributed by atoms with E-state index in [0.717, 1.165) is 38.0 Å². The Hall–Kier alpha value is -1.90. The highest BCUT2D eigenvalue weighted by Crippen LogP contribution is 2.27.